The van der Waals surface area contributed by atoms with Crippen molar-refractivity contribution in [3.05, 3.63) is 59.9 Å². The van der Waals surface area contributed by atoms with Crippen LogP contribution >= 0.6 is 0 Å². The molecule has 6 heteroatoms. The van der Waals surface area contributed by atoms with Crippen molar-refractivity contribution in [3.63, 3.8) is 0 Å². The van der Waals surface area contributed by atoms with Gasteiger partial charge in [0.25, 0.3) is 5.91 Å². The molecular formula is C18H20N2O4. The van der Waals surface area contributed by atoms with Crippen LogP contribution in [0.2, 0.25) is 0 Å². The van der Waals surface area contributed by atoms with Crippen LogP contribution in [0.1, 0.15) is 35.2 Å². The van der Waals surface area contributed by atoms with Crippen LogP contribution in [0.25, 0.3) is 0 Å². The molecular weight excluding hydrogens is 308 g/mol. The summed E-state index contributed by atoms with van der Waals surface area (Å²) in [5, 5.41) is 11.3. The van der Waals surface area contributed by atoms with E-state index in [9.17, 15) is 9.59 Å². The monoisotopic (exact) mass is 328 g/mol. The fourth-order valence-electron chi connectivity index (χ4n) is 2.05. The molecule has 0 saturated heterocycles. The van der Waals surface area contributed by atoms with Gasteiger partial charge in [0, 0.05) is 30.9 Å². The maximum atomic E-state index is 12.0. The summed E-state index contributed by atoms with van der Waals surface area (Å²) in [4.78, 5) is 26.3. The molecule has 0 unspecified atom stereocenters. The van der Waals surface area contributed by atoms with Gasteiger partial charge in [-0.2, -0.15) is 0 Å². The highest BCUT2D eigenvalue weighted by molar-refractivity contribution is 5.94. The van der Waals surface area contributed by atoms with Gasteiger partial charge in [-0.05, 0) is 54.8 Å². The van der Waals surface area contributed by atoms with E-state index in [2.05, 4.69) is 10.3 Å². The predicted molar refractivity (Wildman–Crippen MR) is 88.8 cm³/mol. The zero-order valence-electron chi connectivity index (χ0n) is 13.3. The molecule has 6 nitrogen and oxygen atoms in total. The molecule has 0 radical (unpaired) electrons. The van der Waals surface area contributed by atoms with Crippen molar-refractivity contribution in [2.24, 2.45) is 0 Å². The van der Waals surface area contributed by atoms with E-state index >= 15 is 0 Å². The van der Waals surface area contributed by atoms with E-state index < -0.39 is 5.97 Å². The third-order valence-electron chi connectivity index (χ3n) is 3.37. The zero-order chi connectivity index (χ0) is 17.2. The molecule has 0 aliphatic rings. The second-order valence-corrected chi connectivity index (χ2v) is 5.28. The van der Waals surface area contributed by atoms with Gasteiger partial charge in [-0.1, -0.05) is 0 Å². The lowest BCUT2D eigenvalue weighted by Gasteiger charge is -2.08. The van der Waals surface area contributed by atoms with E-state index in [4.69, 9.17) is 9.84 Å². The van der Waals surface area contributed by atoms with E-state index in [1.165, 1.54) is 0 Å². The van der Waals surface area contributed by atoms with Crippen molar-refractivity contribution < 1.29 is 19.4 Å². The van der Waals surface area contributed by atoms with Crippen molar-refractivity contribution in [1.29, 1.82) is 0 Å². The molecule has 1 aromatic carbocycles. The summed E-state index contributed by atoms with van der Waals surface area (Å²) < 4.78 is 5.65. The van der Waals surface area contributed by atoms with Gasteiger partial charge in [0.2, 0.25) is 0 Å². The zero-order valence-corrected chi connectivity index (χ0v) is 13.3. The smallest absolute Gasteiger partial charge is 0.303 e. The van der Waals surface area contributed by atoms with Gasteiger partial charge < -0.3 is 15.2 Å². The minimum Gasteiger partial charge on any atom is -0.489 e. The van der Waals surface area contributed by atoms with Gasteiger partial charge in [0.05, 0.1) is 0 Å². The topological polar surface area (TPSA) is 88.5 Å². The molecule has 2 aromatic rings. The number of hydrogen-bond acceptors (Lipinski definition) is 4. The molecule has 0 saturated carbocycles. The van der Waals surface area contributed by atoms with Crippen LogP contribution in [0.5, 0.6) is 5.75 Å². The van der Waals surface area contributed by atoms with Gasteiger partial charge >= 0.3 is 5.97 Å². The fourth-order valence-corrected chi connectivity index (χ4v) is 2.05. The van der Waals surface area contributed by atoms with Crippen LogP contribution in [0.3, 0.4) is 0 Å². The number of unbranched alkanes of at least 4 members (excludes halogenated alkanes) is 1. The van der Waals surface area contributed by atoms with Crippen LogP contribution < -0.4 is 10.1 Å². The predicted octanol–water partition coefficient (Wildman–Crippen LogP) is 2.65. The number of aliphatic carboxylic acids is 1. The average Bonchev–Trinajstić information content (AvgIpc) is 2.60. The number of carbonyl (C=O) groups is 2. The van der Waals surface area contributed by atoms with Crippen LogP contribution in [0.4, 0.5) is 0 Å². The Hall–Kier alpha value is -2.89. The summed E-state index contributed by atoms with van der Waals surface area (Å²) in [6, 6.07) is 10.7. The average molecular weight is 328 g/mol. The van der Waals surface area contributed by atoms with E-state index in [0.717, 1.165) is 5.56 Å². The Morgan fingerprint density at radius 3 is 2.42 bits per heavy atom. The minimum absolute atomic E-state index is 0.124. The number of amides is 1. The molecule has 0 fully saturated rings. The van der Waals surface area contributed by atoms with Crippen molar-refractivity contribution >= 4 is 11.9 Å². The molecule has 2 N–H and O–H groups in total. The summed E-state index contributed by atoms with van der Waals surface area (Å²) >= 11 is 0. The summed E-state index contributed by atoms with van der Waals surface area (Å²) in [5.41, 5.74) is 1.57. The number of benzene rings is 1. The second kappa shape index (κ2) is 9.29. The molecule has 0 aliphatic carbocycles. The molecule has 1 amide bonds. The standard InChI is InChI=1S/C18H20N2O4/c21-17(22)3-1-2-10-20-18(23)15-4-6-16(7-5-15)24-13-14-8-11-19-12-9-14/h4-9,11-12H,1-3,10,13H2,(H,20,23)(H,21,22). The SMILES string of the molecule is O=C(O)CCCCNC(=O)c1ccc(OCc2ccncc2)cc1. The Balaban J connectivity index is 1.74. The summed E-state index contributed by atoms with van der Waals surface area (Å²) in [6.07, 6.45) is 4.74. The number of rotatable bonds is 9. The van der Waals surface area contributed by atoms with Crippen molar-refractivity contribution in [2.45, 2.75) is 25.9 Å². The first kappa shape index (κ1) is 17.5. The number of carbonyl (C=O) groups excluding carboxylic acids is 1. The van der Waals surface area contributed by atoms with Crippen molar-refractivity contribution in [2.75, 3.05) is 6.54 Å². The Morgan fingerprint density at radius 1 is 1.04 bits per heavy atom. The lowest BCUT2D eigenvalue weighted by atomic mass is 10.2. The van der Waals surface area contributed by atoms with Crippen molar-refractivity contribution in [1.82, 2.24) is 10.3 Å². The summed E-state index contributed by atoms with van der Waals surface area (Å²) in [5.74, 6) is -0.306. The number of ether oxygens (including phenoxy) is 1. The lowest BCUT2D eigenvalue weighted by molar-refractivity contribution is -0.137. The molecule has 0 bridgehead atoms. The van der Waals surface area contributed by atoms with Crippen LogP contribution in [0, 0.1) is 0 Å². The van der Waals surface area contributed by atoms with Crippen LogP contribution in [-0.4, -0.2) is 28.5 Å². The largest absolute Gasteiger partial charge is 0.489 e. The second-order valence-electron chi connectivity index (χ2n) is 5.28. The summed E-state index contributed by atoms with van der Waals surface area (Å²) in [6.45, 7) is 0.907. The highest BCUT2D eigenvalue weighted by Gasteiger charge is 2.05. The normalized spacial score (nSPS) is 10.2. The van der Waals surface area contributed by atoms with E-state index in [-0.39, 0.29) is 12.3 Å². The fraction of sp³-hybridized carbons (Fsp3) is 0.278. The number of aromatic nitrogens is 1. The number of pyridine rings is 1. The Morgan fingerprint density at radius 2 is 1.75 bits per heavy atom. The van der Waals surface area contributed by atoms with E-state index in [0.29, 0.717) is 37.3 Å². The van der Waals surface area contributed by atoms with Gasteiger partial charge in [-0.3, -0.25) is 14.6 Å². The maximum absolute atomic E-state index is 12.0. The van der Waals surface area contributed by atoms with E-state index in [1.807, 2.05) is 12.1 Å². The van der Waals surface area contributed by atoms with Gasteiger partial charge in [-0.25, -0.2) is 0 Å². The molecule has 1 aromatic heterocycles. The summed E-state index contributed by atoms with van der Waals surface area (Å²) in [7, 11) is 0. The Labute approximate surface area is 140 Å². The molecule has 0 aliphatic heterocycles. The molecule has 1 heterocycles. The van der Waals surface area contributed by atoms with Gasteiger partial charge in [0.15, 0.2) is 0 Å². The first-order valence-corrected chi connectivity index (χ1v) is 7.77. The third kappa shape index (κ3) is 6.08. The Kier molecular flexibility index (Phi) is 6.76. The lowest BCUT2D eigenvalue weighted by Crippen LogP contribution is -2.24. The number of nitrogens with zero attached hydrogens (tertiary/aromatic N) is 1. The first-order chi connectivity index (χ1) is 11.6. The molecule has 0 spiro atoms. The quantitative estimate of drug-likeness (QED) is 0.691. The highest BCUT2D eigenvalue weighted by atomic mass is 16.5. The van der Waals surface area contributed by atoms with Crippen LogP contribution in [0.15, 0.2) is 48.8 Å². The third-order valence-corrected chi connectivity index (χ3v) is 3.37. The van der Waals surface area contributed by atoms with Crippen LogP contribution in [-0.2, 0) is 11.4 Å². The van der Waals surface area contributed by atoms with Gasteiger partial charge in [-0.15, -0.1) is 0 Å². The molecule has 0 atom stereocenters. The minimum atomic E-state index is -0.816. The maximum Gasteiger partial charge on any atom is 0.303 e. The number of carboxylic acids is 1. The number of hydrogen-bond donors (Lipinski definition) is 2. The first-order valence-electron chi connectivity index (χ1n) is 7.77. The Bertz CT molecular complexity index is 656. The molecule has 24 heavy (non-hydrogen) atoms. The van der Waals surface area contributed by atoms with Gasteiger partial charge in [0.1, 0.15) is 12.4 Å². The van der Waals surface area contributed by atoms with Crippen molar-refractivity contribution in [3.8, 4) is 5.75 Å². The van der Waals surface area contributed by atoms with E-state index in [1.54, 1.807) is 36.7 Å². The highest BCUT2D eigenvalue weighted by Crippen LogP contribution is 2.14. The molecule has 2 rings (SSSR count). The number of nitrogens with one attached hydrogen (secondary N) is 1. The number of carboxylic acid groups (broad SMARTS) is 1. The molecule has 126 valence electrons.